The van der Waals surface area contributed by atoms with Crippen LogP contribution in [-0.4, -0.2) is 25.5 Å². The first-order valence-corrected chi connectivity index (χ1v) is 8.08. The van der Waals surface area contributed by atoms with Gasteiger partial charge in [-0.3, -0.25) is 9.48 Å². The number of carbonyl (C=O) groups excluding carboxylic acids is 1. The molecule has 6 heteroatoms. The van der Waals surface area contributed by atoms with Crippen LogP contribution in [0.2, 0.25) is 0 Å². The van der Waals surface area contributed by atoms with Crippen LogP contribution in [0, 0.1) is 0 Å². The molecule has 0 saturated heterocycles. The highest BCUT2D eigenvalue weighted by molar-refractivity contribution is 5.88. The predicted octanol–water partition coefficient (Wildman–Crippen LogP) is 1.84. The van der Waals surface area contributed by atoms with Gasteiger partial charge in [0.25, 0.3) is 5.91 Å². The second-order valence-corrected chi connectivity index (χ2v) is 6.42. The number of hydrogen-bond donors (Lipinski definition) is 1. The van der Waals surface area contributed by atoms with E-state index >= 15 is 0 Å². The number of hydrogen-bond acceptors (Lipinski definition) is 4. The van der Waals surface area contributed by atoms with Gasteiger partial charge in [-0.25, -0.2) is 0 Å². The average molecular weight is 299 g/mol. The van der Waals surface area contributed by atoms with E-state index in [4.69, 9.17) is 5.73 Å². The zero-order valence-electron chi connectivity index (χ0n) is 12.9. The number of aryl methyl sites for hydroxylation is 3. The molecule has 2 aliphatic rings. The minimum absolute atomic E-state index is 0.000787. The van der Waals surface area contributed by atoms with Crippen LogP contribution in [0.3, 0.4) is 0 Å². The number of anilines is 1. The van der Waals surface area contributed by atoms with Crippen LogP contribution in [0.5, 0.6) is 0 Å². The Morgan fingerprint density at radius 2 is 1.95 bits per heavy atom. The van der Waals surface area contributed by atoms with Crippen LogP contribution in [-0.2, 0) is 26.3 Å². The number of carbonyl (C=O) groups is 1. The van der Waals surface area contributed by atoms with E-state index in [1.165, 1.54) is 4.68 Å². The van der Waals surface area contributed by atoms with Gasteiger partial charge in [0.1, 0.15) is 5.82 Å². The van der Waals surface area contributed by atoms with Gasteiger partial charge in [-0.2, -0.15) is 14.9 Å². The summed E-state index contributed by atoms with van der Waals surface area (Å²) in [4.78, 5) is 13.0. The second-order valence-electron chi connectivity index (χ2n) is 6.42. The summed E-state index contributed by atoms with van der Waals surface area (Å²) < 4.78 is 3.26. The molecule has 1 atom stereocenters. The van der Waals surface area contributed by atoms with Crippen LogP contribution in [0.25, 0.3) is 0 Å². The Bertz CT molecular complexity index is 742. The Kier molecular flexibility index (Phi) is 3.06. The highest BCUT2D eigenvalue weighted by Crippen LogP contribution is 2.34. The van der Waals surface area contributed by atoms with Crippen molar-refractivity contribution in [2.24, 2.45) is 7.05 Å². The maximum absolute atomic E-state index is 13.0. The number of nitrogen functional groups attached to an aromatic ring is 1. The van der Waals surface area contributed by atoms with Gasteiger partial charge in [-0.1, -0.05) is 0 Å². The molecule has 2 N–H and O–H groups in total. The van der Waals surface area contributed by atoms with Crippen LogP contribution >= 0.6 is 0 Å². The van der Waals surface area contributed by atoms with Gasteiger partial charge in [-0.15, -0.1) is 0 Å². The van der Waals surface area contributed by atoms with Crippen molar-refractivity contribution in [3.8, 4) is 0 Å². The van der Waals surface area contributed by atoms with Gasteiger partial charge >= 0.3 is 0 Å². The summed E-state index contributed by atoms with van der Waals surface area (Å²) in [6.07, 6.45) is 8.89. The third kappa shape index (κ3) is 1.97. The quantitative estimate of drug-likeness (QED) is 0.871. The summed E-state index contributed by atoms with van der Waals surface area (Å²) >= 11 is 0. The first kappa shape index (κ1) is 13.5. The lowest BCUT2D eigenvalue weighted by atomic mass is 9.86. The average Bonchev–Trinajstić information content (AvgIpc) is 3.06. The summed E-state index contributed by atoms with van der Waals surface area (Å²) in [7, 11) is 1.90. The van der Waals surface area contributed by atoms with Crippen LogP contribution in [0.15, 0.2) is 6.20 Å². The molecule has 0 spiro atoms. The minimum Gasteiger partial charge on any atom is -0.383 e. The van der Waals surface area contributed by atoms with E-state index in [-0.39, 0.29) is 11.8 Å². The normalized spacial score (nSPS) is 20.5. The fraction of sp³-hybridized carbons (Fsp3) is 0.562. The Hall–Kier alpha value is -2.11. The molecule has 0 amide bonds. The molecule has 2 aromatic heterocycles. The van der Waals surface area contributed by atoms with Crippen LogP contribution < -0.4 is 5.73 Å². The van der Waals surface area contributed by atoms with Crippen molar-refractivity contribution in [2.75, 3.05) is 5.73 Å². The Balaban J connectivity index is 1.72. The molecule has 0 saturated carbocycles. The molecular formula is C16H21N5O. The number of aromatic nitrogens is 4. The number of fused-ring (bicyclic) bond motifs is 2. The lowest BCUT2D eigenvalue weighted by Gasteiger charge is -2.20. The summed E-state index contributed by atoms with van der Waals surface area (Å²) in [5.41, 5.74) is 10.4. The SMILES string of the molecule is Cn1cc2c(n1)CCCC2C(=O)n1nc2c(c1N)CCCC2. The third-order valence-electron chi connectivity index (χ3n) is 4.92. The van der Waals surface area contributed by atoms with Gasteiger partial charge in [0.05, 0.1) is 17.3 Å². The van der Waals surface area contributed by atoms with Crippen molar-refractivity contribution in [3.05, 3.63) is 28.7 Å². The molecule has 116 valence electrons. The summed E-state index contributed by atoms with van der Waals surface area (Å²) in [5.74, 6) is 0.387. The molecule has 2 aliphatic carbocycles. The smallest absolute Gasteiger partial charge is 0.256 e. The molecule has 2 aromatic rings. The predicted molar refractivity (Wildman–Crippen MR) is 82.8 cm³/mol. The van der Waals surface area contributed by atoms with Crippen molar-refractivity contribution < 1.29 is 4.79 Å². The highest BCUT2D eigenvalue weighted by Gasteiger charge is 2.32. The summed E-state index contributed by atoms with van der Waals surface area (Å²) in [6.45, 7) is 0. The Morgan fingerprint density at radius 1 is 1.18 bits per heavy atom. The van der Waals surface area contributed by atoms with Gasteiger partial charge in [-0.05, 0) is 44.9 Å². The molecule has 1 unspecified atom stereocenters. The van der Waals surface area contributed by atoms with E-state index in [2.05, 4.69) is 10.2 Å². The summed E-state index contributed by atoms with van der Waals surface area (Å²) in [5, 5.41) is 8.99. The largest absolute Gasteiger partial charge is 0.383 e. The van der Waals surface area contributed by atoms with E-state index in [0.29, 0.717) is 5.82 Å². The minimum atomic E-state index is -0.166. The number of nitrogens with two attached hydrogens (primary N) is 1. The van der Waals surface area contributed by atoms with Crippen LogP contribution in [0.1, 0.15) is 58.9 Å². The zero-order valence-corrected chi connectivity index (χ0v) is 12.9. The molecule has 2 heterocycles. The second kappa shape index (κ2) is 4.97. The van der Waals surface area contributed by atoms with E-state index in [1.54, 1.807) is 4.68 Å². The van der Waals surface area contributed by atoms with Gasteiger partial charge < -0.3 is 5.73 Å². The van der Waals surface area contributed by atoms with E-state index in [1.807, 2.05) is 13.2 Å². The first-order chi connectivity index (χ1) is 10.6. The van der Waals surface area contributed by atoms with Crippen molar-refractivity contribution in [1.82, 2.24) is 19.6 Å². The van der Waals surface area contributed by atoms with Gasteiger partial charge in [0, 0.05) is 24.4 Å². The van der Waals surface area contributed by atoms with Crippen LogP contribution in [0.4, 0.5) is 5.82 Å². The fourth-order valence-electron chi connectivity index (χ4n) is 3.82. The Morgan fingerprint density at radius 3 is 2.77 bits per heavy atom. The molecule has 6 nitrogen and oxygen atoms in total. The van der Waals surface area contributed by atoms with Gasteiger partial charge in [0.2, 0.25) is 0 Å². The van der Waals surface area contributed by atoms with Crippen molar-refractivity contribution in [2.45, 2.75) is 50.9 Å². The molecular weight excluding hydrogens is 278 g/mol. The lowest BCUT2D eigenvalue weighted by Crippen LogP contribution is -2.25. The van der Waals surface area contributed by atoms with Crippen molar-refractivity contribution in [3.63, 3.8) is 0 Å². The number of rotatable bonds is 1. The van der Waals surface area contributed by atoms with E-state index < -0.39 is 0 Å². The van der Waals surface area contributed by atoms with Crippen molar-refractivity contribution >= 4 is 11.7 Å². The first-order valence-electron chi connectivity index (χ1n) is 8.08. The Labute approximate surface area is 129 Å². The molecule has 4 rings (SSSR count). The molecule has 22 heavy (non-hydrogen) atoms. The molecule has 0 fully saturated rings. The van der Waals surface area contributed by atoms with E-state index in [0.717, 1.165) is 67.5 Å². The zero-order chi connectivity index (χ0) is 15.3. The lowest BCUT2D eigenvalue weighted by molar-refractivity contribution is 0.0854. The van der Waals surface area contributed by atoms with Crippen molar-refractivity contribution in [1.29, 1.82) is 0 Å². The maximum Gasteiger partial charge on any atom is 0.256 e. The maximum atomic E-state index is 13.0. The summed E-state index contributed by atoms with van der Waals surface area (Å²) in [6, 6.07) is 0. The van der Waals surface area contributed by atoms with Gasteiger partial charge in [0.15, 0.2) is 0 Å². The van der Waals surface area contributed by atoms with E-state index in [9.17, 15) is 4.79 Å². The highest BCUT2D eigenvalue weighted by atomic mass is 16.2. The fourth-order valence-corrected chi connectivity index (χ4v) is 3.82. The standard InChI is InChI=1S/C16H21N5O/c1-20-9-12-10(6-4-8-14(12)18-20)16(22)21-15(17)11-5-2-3-7-13(11)19-21/h9-10H,2-8,17H2,1H3. The third-order valence-corrected chi connectivity index (χ3v) is 4.92. The molecule has 0 radical (unpaired) electrons. The monoisotopic (exact) mass is 299 g/mol. The molecule has 0 aromatic carbocycles. The number of nitrogens with zero attached hydrogens (tertiary/aromatic N) is 4. The molecule has 0 bridgehead atoms. The molecule has 0 aliphatic heterocycles. The topological polar surface area (TPSA) is 78.7 Å².